The number of aryl methyl sites for hydroxylation is 2. The quantitative estimate of drug-likeness (QED) is 0.660. The van der Waals surface area contributed by atoms with E-state index in [-0.39, 0.29) is 17.6 Å². The van der Waals surface area contributed by atoms with Gasteiger partial charge in [-0.15, -0.1) is 0 Å². The fraction of sp³-hybridized carbons (Fsp3) is 0.667. The Morgan fingerprint density at radius 2 is 2.05 bits per heavy atom. The Bertz CT molecular complexity index is 531. The third-order valence-corrected chi connectivity index (χ3v) is 3.65. The Labute approximate surface area is 116 Å². The van der Waals surface area contributed by atoms with Crippen LogP contribution in [0, 0.1) is 17.0 Å². The van der Waals surface area contributed by atoms with E-state index in [1.807, 2.05) is 0 Å². The molecule has 0 radical (unpaired) electrons. The van der Waals surface area contributed by atoms with Gasteiger partial charge in [-0.1, -0.05) is 0 Å². The molecule has 2 heterocycles. The van der Waals surface area contributed by atoms with Crippen LogP contribution in [0.5, 0.6) is 0 Å². The average molecular weight is 281 g/mol. The molecular formula is C12H19N5O3. The highest BCUT2D eigenvalue weighted by Crippen LogP contribution is 2.29. The van der Waals surface area contributed by atoms with Crippen LogP contribution in [0.25, 0.3) is 0 Å². The van der Waals surface area contributed by atoms with Crippen LogP contribution in [0.2, 0.25) is 0 Å². The maximum atomic E-state index is 11.3. The van der Waals surface area contributed by atoms with Gasteiger partial charge in [0.15, 0.2) is 0 Å². The van der Waals surface area contributed by atoms with Crippen LogP contribution in [-0.4, -0.2) is 44.6 Å². The summed E-state index contributed by atoms with van der Waals surface area (Å²) in [6, 6.07) is 0.124. The third kappa shape index (κ3) is 2.73. The molecule has 1 fully saturated rings. The van der Waals surface area contributed by atoms with Crippen molar-refractivity contribution >= 4 is 17.4 Å². The molecule has 8 nitrogen and oxygen atoms in total. The highest BCUT2D eigenvalue weighted by molar-refractivity contribution is 5.73. The van der Waals surface area contributed by atoms with Gasteiger partial charge in [0.25, 0.3) is 0 Å². The zero-order chi connectivity index (χ0) is 14.9. The number of aromatic nitrogens is 2. The molecule has 1 aromatic rings. The summed E-state index contributed by atoms with van der Waals surface area (Å²) in [5.74, 6) is 0.514. The highest BCUT2D eigenvalue weighted by Gasteiger charge is 2.28. The number of hydrogen-bond donors (Lipinski definition) is 1. The second kappa shape index (κ2) is 5.48. The van der Waals surface area contributed by atoms with Gasteiger partial charge in [0.05, 0.1) is 4.92 Å². The van der Waals surface area contributed by atoms with Crippen molar-refractivity contribution in [2.45, 2.75) is 32.7 Å². The van der Waals surface area contributed by atoms with Gasteiger partial charge in [0.1, 0.15) is 5.69 Å². The molecule has 0 atom stereocenters. The third-order valence-electron chi connectivity index (χ3n) is 3.65. The minimum Gasteiger partial charge on any atom is -0.362 e. The van der Waals surface area contributed by atoms with E-state index in [9.17, 15) is 14.9 Å². The number of rotatable bonds is 3. The van der Waals surface area contributed by atoms with E-state index in [1.54, 1.807) is 25.8 Å². The zero-order valence-electron chi connectivity index (χ0n) is 11.9. The first-order valence-corrected chi connectivity index (χ1v) is 6.60. The van der Waals surface area contributed by atoms with E-state index < -0.39 is 4.92 Å². The summed E-state index contributed by atoms with van der Waals surface area (Å²) in [5.41, 5.74) is 0.433. The number of anilines is 1. The van der Waals surface area contributed by atoms with Crippen molar-refractivity contribution in [3.63, 3.8) is 0 Å². The summed E-state index contributed by atoms with van der Waals surface area (Å²) < 4.78 is 1.50. The SMILES string of the molecule is CC(=O)N1CCC(Nc2c([N+](=O)[O-])c(C)nn2C)CC1. The smallest absolute Gasteiger partial charge is 0.333 e. The topological polar surface area (TPSA) is 93.3 Å². The molecule has 0 bridgehead atoms. The predicted molar refractivity (Wildman–Crippen MR) is 73.5 cm³/mol. The Kier molecular flexibility index (Phi) is 3.91. The van der Waals surface area contributed by atoms with Crippen molar-refractivity contribution in [1.29, 1.82) is 0 Å². The normalized spacial score (nSPS) is 16.2. The zero-order valence-corrected chi connectivity index (χ0v) is 11.9. The number of hydrogen-bond acceptors (Lipinski definition) is 5. The number of nitrogens with one attached hydrogen (secondary N) is 1. The number of carbonyl (C=O) groups is 1. The predicted octanol–water partition coefficient (Wildman–Crippen LogP) is 1.06. The standard InChI is InChI=1S/C12H19N5O3/c1-8-11(17(19)20)12(15(3)14-8)13-10-4-6-16(7-5-10)9(2)18/h10,13H,4-7H2,1-3H3. The van der Waals surface area contributed by atoms with E-state index in [0.29, 0.717) is 24.6 Å². The van der Waals surface area contributed by atoms with Crippen molar-refractivity contribution in [3.05, 3.63) is 15.8 Å². The van der Waals surface area contributed by atoms with E-state index in [2.05, 4.69) is 10.4 Å². The summed E-state index contributed by atoms with van der Waals surface area (Å²) in [7, 11) is 1.69. The summed E-state index contributed by atoms with van der Waals surface area (Å²) in [6.45, 7) is 4.54. The van der Waals surface area contributed by atoms with Crippen LogP contribution < -0.4 is 5.32 Å². The minimum absolute atomic E-state index is 0.0292. The first kappa shape index (κ1) is 14.3. The summed E-state index contributed by atoms with van der Waals surface area (Å²) in [4.78, 5) is 23.8. The molecule has 8 heteroatoms. The van der Waals surface area contributed by atoms with Crippen LogP contribution >= 0.6 is 0 Å². The van der Waals surface area contributed by atoms with Crippen LogP contribution in [0.1, 0.15) is 25.5 Å². The molecule has 0 spiro atoms. The fourth-order valence-electron chi connectivity index (χ4n) is 2.56. The first-order valence-electron chi connectivity index (χ1n) is 6.60. The van der Waals surface area contributed by atoms with Gasteiger partial charge in [-0.05, 0) is 19.8 Å². The minimum atomic E-state index is -0.407. The van der Waals surface area contributed by atoms with E-state index >= 15 is 0 Å². The van der Waals surface area contributed by atoms with Gasteiger partial charge >= 0.3 is 5.69 Å². The molecule has 1 N–H and O–H groups in total. The molecule has 20 heavy (non-hydrogen) atoms. The largest absolute Gasteiger partial charge is 0.362 e. The molecule has 1 aliphatic heterocycles. The Balaban J connectivity index is 2.08. The Morgan fingerprint density at radius 1 is 1.45 bits per heavy atom. The van der Waals surface area contributed by atoms with Crippen molar-refractivity contribution in [3.8, 4) is 0 Å². The fourth-order valence-corrected chi connectivity index (χ4v) is 2.56. The number of amides is 1. The van der Waals surface area contributed by atoms with Crippen LogP contribution in [0.3, 0.4) is 0 Å². The molecule has 0 aromatic carbocycles. The number of piperidine rings is 1. The molecule has 1 saturated heterocycles. The van der Waals surface area contributed by atoms with Crippen LogP contribution in [0.15, 0.2) is 0 Å². The maximum absolute atomic E-state index is 11.3. The molecule has 1 aliphatic rings. The average Bonchev–Trinajstić information content (AvgIpc) is 2.64. The molecule has 0 aliphatic carbocycles. The van der Waals surface area contributed by atoms with Crippen LogP contribution in [-0.2, 0) is 11.8 Å². The molecule has 2 rings (SSSR count). The van der Waals surface area contributed by atoms with Crippen molar-refractivity contribution in [1.82, 2.24) is 14.7 Å². The van der Waals surface area contributed by atoms with Crippen LogP contribution in [0.4, 0.5) is 11.5 Å². The van der Waals surface area contributed by atoms with E-state index in [1.165, 1.54) is 4.68 Å². The Hall–Kier alpha value is -2.12. The Morgan fingerprint density at radius 3 is 2.55 bits per heavy atom. The number of nitrogens with zero attached hydrogens (tertiary/aromatic N) is 4. The summed E-state index contributed by atoms with van der Waals surface area (Å²) in [5, 5.41) is 18.4. The maximum Gasteiger partial charge on any atom is 0.333 e. The molecule has 1 aromatic heterocycles. The molecule has 0 unspecified atom stereocenters. The lowest BCUT2D eigenvalue weighted by Crippen LogP contribution is -2.41. The highest BCUT2D eigenvalue weighted by atomic mass is 16.6. The lowest BCUT2D eigenvalue weighted by Gasteiger charge is -2.31. The lowest BCUT2D eigenvalue weighted by atomic mass is 10.1. The number of nitro groups is 1. The summed E-state index contributed by atoms with van der Waals surface area (Å²) >= 11 is 0. The summed E-state index contributed by atoms with van der Waals surface area (Å²) in [6.07, 6.45) is 1.56. The van der Waals surface area contributed by atoms with Gasteiger partial charge in [0, 0.05) is 33.1 Å². The second-order valence-corrected chi connectivity index (χ2v) is 5.09. The van der Waals surface area contributed by atoms with Gasteiger partial charge in [-0.3, -0.25) is 14.9 Å². The monoisotopic (exact) mass is 281 g/mol. The van der Waals surface area contributed by atoms with Gasteiger partial charge in [0.2, 0.25) is 11.7 Å². The number of carbonyl (C=O) groups excluding carboxylic acids is 1. The first-order chi connectivity index (χ1) is 9.40. The molecule has 0 saturated carbocycles. The molecular weight excluding hydrogens is 262 g/mol. The molecule has 1 amide bonds. The van der Waals surface area contributed by atoms with E-state index in [4.69, 9.17) is 0 Å². The molecule has 110 valence electrons. The second-order valence-electron chi connectivity index (χ2n) is 5.09. The van der Waals surface area contributed by atoms with Gasteiger partial charge < -0.3 is 10.2 Å². The van der Waals surface area contributed by atoms with Crippen molar-refractivity contribution in [2.75, 3.05) is 18.4 Å². The lowest BCUT2D eigenvalue weighted by molar-refractivity contribution is -0.384. The van der Waals surface area contributed by atoms with Gasteiger partial charge in [-0.25, -0.2) is 4.68 Å². The van der Waals surface area contributed by atoms with Gasteiger partial charge in [-0.2, -0.15) is 5.10 Å². The van der Waals surface area contributed by atoms with Crippen molar-refractivity contribution in [2.24, 2.45) is 7.05 Å². The number of likely N-dealkylation sites (tertiary alicyclic amines) is 1. The van der Waals surface area contributed by atoms with Crippen molar-refractivity contribution < 1.29 is 9.72 Å². The van der Waals surface area contributed by atoms with E-state index in [0.717, 1.165) is 12.8 Å².